The molecular formula is C15H24N4O5. The molecule has 0 saturated heterocycles. The Balaban J connectivity index is 1.97. The normalized spacial score (nSPS) is 13.5. The molecule has 0 aromatic heterocycles. The van der Waals surface area contributed by atoms with Crippen molar-refractivity contribution >= 4 is 23.6 Å². The molecule has 0 bridgehead atoms. The van der Waals surface area contributed by atoms with Gasteiger partial charge >= 0.3 is 0 Å². The van der Waals surface area contributed by atoms with Crippen LogP contribution in [0.4, 0.5) is 0 Å². The minimum absolute atomic E-state index is 0.0486. The Kier molecular flexibility index (Phi) is 9.32. The van der Waals surface area contributed by atoms with E-state index in [0.717, 1.165) is 4.90 Å². The second-order valence-corrected chi connectivity index (χ2v) is 5.08. The van der Waals surface area contributed by atoms with Gasteiger partial charge in [0.1, 0.15) is 0 Å². The van der Waals surface area contributed by atoms with Gasteiger partial charge in [0, 0.05) is 51.2 Å². The summed E-state index contributed by atoms with van der Waals surface area (Å²) in [4.78, 5) is 46.6. The molecule has 1 aliphatic heterocycles. The van der Waals surface area contributed by atoms with Crippen molar-refractivity contribution in [3.63, 3.8) is 0 Å². The van der Waals surface area contributed by atoms with E-state index in [-0.39, 0.29) is 37.8 Å². The van der Waals surface area contributed by atoms with Gasteiger partial charge in [-0.2, -0.15) is 0 Å². The molecule has 0 saturated carbocycles. The maximum absolute atomic E-state index is 11.6. The molecule has 1 rings (SSSR count). The highest BCUT2D eigenvalue weighted by atomic mass is 16.5. The van der Waals surface area contributed by atoms with Crippen LogP contribution < -0.4 is 16.0 Å². The van der Waals surface area contributed by atoms with Crippen LogP contribution >= 0.6 is 0 Å². The first-order chi connectivity index (χ1) is 11.5. The number of nitrogens with one attached hydrogen (secondary N) is 3. The number of hydrogen-bond acceptors (Lipinski definition) is 6. The highest BCUT2D eigenvalue weighted by Gasteiger charge is 2.23. The molecule has 24 heavy (non-hydrogen) atoms. The highest BCUT2D eigenvalue weighted by molar-refractivity contribution is 6.13. The van der Waals surface area contributed by atoms with Crippen molar-refractivity contribution in [2.75, 3.05) is 46.4 Å². The molecule has 0 fully saturated rings. The van der Waals surface area contributed by atoms with Crippen molar-refractivity contribution in [2.24, 2.45) is 0 Å². The lowest BCUT2D eigenvalue weighted by Gasteiger charge is -2.13. The molecule has 9 nitrogen and oxygen atoms in total. The number of rotatable bonds is 12. The van der Waals surface area contributed by atoms with E-state index in [1.54, 1.807) is 7.05 Å². The van der Waals surface area contributed by atoms with Crippen molar-refractivity contribution in [2.45, 2.75) is 12.8 Å². The smallest absolute Gasteiger partial charge is 0.253 e. The first-order valence-electron chi connectivity index (χ1n) is 7.84. The van der Waals surface area contributed by atoms with Crippen LogP contribution in [-0.4, -0.2) is 75.0 Å². The predicted molar refractivity (Wildman–Crippen MR) is 85.9 cm³/mol. The van der Waals surface area contributed by atoms with Crippen LogP contribution in [0.3, 0.4) is 0 Å². The van der Waals surface area contributed by atoms with E-state index in [1.165, 1.54) is 12.2 Å². The minimum Gasteiger partial charge on any atom is -0.379 e. The third-order valence-corrected chi connectivity index (χ3v) is 3.20. The molecule has 1 aliphatic rings. The maximum Gasteiger partial charge on any atom is 0.253 e. The standard InChI is InChI=1S/C15H24N4O5/c1-16-6-7-17-13(21)5-10-24-11-8-18-12(20)4-9-19-14(22)2-3-15(19)23/h2-3,16H,4-11H2,1H3,(H,17,21)(H,18,20). The molecule has 0 spiro atoms. The van der Waals surface area contributed by atoms with Crippen LogP contribution in [0.1, 0.15) is 12.8 Å². The first kappa shape index (κ1) is 19.8. The molecule has 0 aliphatic carbocycles. The SMILES string of the molecule is CNCCNC(=O)CCOCCNC(=O)CCN1C(=O)C=CC1=O. The van der Waals surface area contributed by atoms with E-state index in [0.29, 0.717) is 26.2 Å². The second kappa shape index (κ2) is 11.3. The first-order valence-corrected chi connectivity index (χ1v) is 7.84. The molecule has 1 heterocycles. The molecule has 4 amide bonds. The van der Waals surface area contributed by atoms with Crippen LogP contribution in [0.25, 0.3) is 0 Å². The molecule has 3 N–H and O–H groups in total. The molecule has 9 heteroatoms. The van der Waals surface area contributed by atoms with Gasteiger partial charge in [-0.05, 0) is 7.05 Å². The Morgan fingerprint density at radius 1 is 0.958 bits per heavy atom. The van der Waals surface area contributed by atoms with Crippen LogP contribution in [-0.2, 0) is 23.9 Å². The predicted octanol–water partition coefficient (Wildman–Crippen LogP) is -1.84. The van der Waals surface area contributed by atoms with Gasteiger partial charge in [0.25, 0.3) is 11.8 Å². The summed E-state index contributed by atoms with van der Waals surface area (Å²) in [6, 6.07) is 0. The van der Waals surface area contributed by atoms with Crippen molar-refractivity contribution in [3.8, 4) is 0 Å². The fourth-order valence-electron chi connectivity index (χ4n) is 1.90. The molecular weight excluding hydrogens is 316 g/mol. The molecule has 0 aromatic rings. The molecule has 0 aromatic carbocycles. The summed E-state index contributed by atoms with van der Waals surface area (Å²) in [7, 11) is 1.81. The van der Waals surface area contributed by atoms with Gasteiger partial charge < -0.3 is 20.7 Å². The van der Waals surface area contributed by atoms with Gasteiger partial charge in [0.2, 0.25) is 11.8 Å². The van der Waals surface area contributed by atoms with Gasteiger partial charge in [0.05, 0.1) is 13.2 Å². The average Bonchev–Trinajstić information content (AvgIpc) is 2.87. The van der Waals surface area contributed by atoms with Gasteiger partial charge in [-0.1, -0.05) is 0 Å². The van der Waals surface area contributed by atoms with Gasteiger partial charge in [-0.25, -0.2) is 0 Å². The fraction of sp³-hybridized carbons (Fsp3) is 0.600. The van der Waals surface area contributed by atoms with E-state index >= 15 is 0 Å². The summed E-state index contributed by atoms with van der Waals surface area (Å²) in [6.45, 7) is 2.22. The zero-order chi connectivity index (χ0) is 17.8. The van der Waals surface area contributed by atoms with Crippen LogP contribution in [0.5, 0.6) is 0 Å². The lowest BCUT2D eigenvalue weighted by molar-refractivity contribution is -0.137. The van der Waals surface area contributed by atoms with Crippen molar-refractivity contribution in [1.82, 2.24) is 20.9 Å². The maximum atomic E-state index is 11.6. The van der Waals surface area contributed by atoms with Crippen LogP contribution in [0, 0.1) is 0 Å². The Morgan fingerprint density at radius 2 is 1.58 bits per heavy atom. The number of ether oxygens (including phenoxy) is 1. The number of amides is 4. The van der Waals surface area contributed by atoms with Crippen LogP contribution in [0.2, 0.25) is 0 Å². The largest absolute Gasteiger partial charge is 0.379 e. The van der Waals surface area contributed by atoms with E-state index in [9.17, 15) is 19.2 Å². The zero-order valence-corrected chi connectivity index (χ0v) is 13.8. The molecule has 0 radical (unpaired) electrons. The molecule has 134 valence electrons. The quantitative estimate of drug-likeness (QED) is 0.284. The Hall–Kier alpha value is -2.26. The third-order valence-electron chi connectivity index (χ3n) is 3.20. The van der Waals surface area contributed by atoms with Crippen molar-refractivity contribution in [3.05, 3.63) is 12.2 Å². The number of hydrogen-bond donors (Lipinski definition) is 3. The van der Waals surface area contributed by atoms with Crippen LogP contribution in [0.15, 0.2) is 12.2 Å². The molecule has 0 atom stereocenters. The van der Waals surface area contributed by atoms with Gasteiger partial charge in [-0.15, -0.1) is 0 Å². The lowest BCUT2D eigenvalue weighted by Crippen LogP contribution is -2.35. The number of carbonyl (C=O) groups is 4. The summed E-state index contributed by atoms with van der Waals surface area (Å²) in [6.07, 6.45) is 2.68. The molecule has 0 unspecified atom stereocenters. The Morgan fingerprint density at radius 3 is 2.25 bits per heavy atom. The lowest BCUT2D eigenvalue weighted by atomic mass is 10.3. The fourth-order valence-corrected chi connectivity index (χ4v) is 1.90. The summed E-state index contributed by atoms with van der Waals surface area (Å²) in [5.74, 6) is -1.15. The number of carbonyl (C=O) groups excluding carboxylic acids is 4. The summed E-state index contributed by atoms with van der Waals surface area (Å²) >= 11 is 0. The van der Waals surface area contributed by atoms with E-state index < -0.39 is 11.8 Å². The van der Waals surface area contributed by atoms with E-state index in [1.807, 2.05) is 0 Å². The van der Waals surface area contributed by atoms with Gasteiger partial charge in [0.15, 0.2) is 0 Å². The average molecular weight is 340 g/mol. The van der Waals surface area contributed by atoms with Crippen molar-refractivity contribution in [1.29, 1.82) is 0 Å². The summed E-state index contributed by atoms with van der Waals surface area (Å²) < 4.78 is 5.25. The monoisotopic (exact) mass is 340 g/mol. The van der Waals surface area contributed by atoms with Gasteiger partial charge in [-0.3, -0.25) is 24.1 Å². The van der Waals surface area contributed by atoms with E-state index in [4.69, 9.17) is 4.74 Å². The zero-order valence-electron chi connectivity index (χ0n) is 13.8. The Labute approximate surface area is 140 Å². The third kappa shape index (κ3) is 7.84. The number of likely N-dealkylation sites (N-methyl/N-ethyl adjacent to an activating group) is 1. The summed E-state index contributed by atoms with van der Waals surface area (Å²) in [5, 5.41) is 8.27. The van der Waals surface area contributed by atoms with E-state index in [2.05, 4.69) is 16.0 Å². The summed E-state index contributed by atoms with van der Waals surface area (Å²) in [5.41, 5.74) is 0. The number of imide groups is 1. The Bertz CT molecular complexity index is 474. The minimum atomic E-state index is -0.399. The topological polar surface area (TPSA) is 117 Å². The highest BCUT2D eigenvalue weighted by Crippen LogP contribution is 2.03. The number of nitrogens with zero attached hydrogens (tertiary/aromatic N) is 1. The van der Waals surface area contributed by atoms with Crippen molar-refractivity contribution < 1.29 is 23.9 Å². The second-order valence-electron chi connectivity index (χ2n) is 5.08.